The van der Waals surface area contributed by atoms with Crippen LogP contribution in [0, 0.1) is 22.0 Å². The fourth-order valence-electron chi connectivity index (χ4n) is 4.81. The van der Waals surface area contributed by atoms with Gasteiger partial charge in [0.2, 0.25) is 29.5 Å². The Hall–Kier alpha value is -7.34. The molecule has 0 saturated heterocycles. The van der Waals surface area contributed by atoms with Crippen molar-refractivity contribution in [2.75, 3.05) is 5.32 Å². The Morgan fingerprint density at radius 2 is 1.10 bits per heavy atom. The Morgan fingerprint density at radius 3 is 1.55 bits per heavy atom. The number of anilines is 1. The Morgan fingerprint density at radius 1 is 0.645 bits per heavy atom. The van der Waals surface area contributed by atoms with Crippen molar-refractivity contribution in [3.05, 3.63) is 70.3 Å². The molecule has 22 nitrogen and oxygen atoms in total. The zero-order valence-electron chi connectivity index (χ0n) is 33.7. The van der Waals surface area contributed by atoms with Crippen molar-refractivity contribution in [2.24, 2.45) is 11.8 Å². The number of alkyl carbamates (subject to hydrolysis) is 1. The van der Waals surface area contributed by atoms with Crippen molar-refractivity contribution in [1.82, 2.24) is 26.6 Å². The Bertz CT molecular complexity index is 1930. The first-order chi connectivity index (χ1) is 28.7. The first-order valence-corrected chi connectivity index (χ1v) is 18.2. The predicted octanol–water partition coefficient (Wildman–Crippen LogP) is 1.68. The van der Waals surface area contributed by atoms with E-state index in [1.165, 1.54) is 32.9 Å². The van der Waals surface area contributed by atoms with Gasteiger partial charge in [0.15, 0.2) is 0 Å². The molecule has 5 atom stereocenters. The number of hydrogen-bond acceptors (Lipinski definition) is 12. The number of nitrogens with zero attached hydrogens (tertiary/aromatic N) is 1. The number of rotatable bonds is 20. The lowest BCUT2D eigenvalue weighted by molar-refractivity contribution is -0.384. The van der Waals surface area contributed by atoms with Gasteiger partial charge in [-0.3, -0.25) is 43.7 Å². The lowest BCUT2D eigenvalue weighted by atomic mass is 10.0. The number of nitro benzene ring substituents is 1. The quantitative estimate of drug-likeness (QED) is 0.0675. The van der Waals surface area contributed by atoms with Gasteiger partial charge in [-0.05, 0) is 36.5 Å². The van der Waals surface area contributed by atoms with Gasteiger partial charge >= 0.3 is 30.2 Å². The summed E-state index contributed by atoms with van der Waals surface area (Å²) < 4.78 is 36.9. The Kier molecular flexibility index (Phi) is 21.0. The highest BCUT2D eigenvalue weighted by Gasteiger charge is 2.38. The number of aliphatic carboxylic acids is 3. The van der Waals surface area contributed by atoms with Crippen LogP contribution in [0.2, 0.25) is 0 Å². The molecule has 62 heavy (non-hydrogen) atoms. The maximum absolute atomic E-state index is 13.4. The molecule has 0 spiro atoms. The minimum Gasteiger partial charge on any atom is -0.481 e. The number of carboxylic acid groups (broad SMARTS) is 3. The molecule has 340 valence electrons. The Labute approximate surface area is 350 Å². The van der Waals surface area contributed by atoms with Gasteiger partial charge in [0.1, 0.15) is 36.8 Å². The number of carboxylic acids is 3. The second kappa shape index (κ2) is 24.7. The molecule has 6 amide bonds. The largest absolute Gasteiger partial charge is 0.490 e. The molecule has 0 aliphatic heterocycles. The number of carbonyl (C=O) groups is 9. The van der Waals surface area contributed by atoms with Crippen LogP contribution in [0.4, 0.5) is 29.3 Å². The maximum atomic E-state index is 13.4. The minimum absolute atomic E-state index is 0.0758. The monoisotopic (exact) mass is 885 g/mol. The SMILES string of the molecule is CC(C)[C@H](NC(=O)OCc1ccccc1)C(=O)N[C@@H](CC(=O)O)C(=O)N[C@H](C(=O)N[C@@H](C)C(=O)N[C@@H](CC(=O)O)C(=O)Nc1ccc([N+](=O)[O-])cc1)C(C)C.O=C(O)C(F)(F)F. The standard InChI is InChI=1S/C35H45N7O13.C2HF3O2/c1-18(2)28(33(50)36-20(5)30(47)38-24(15-26(43)44)31(48)37-22-11-13-23(14-12-22)42(53)54)40-32(49)25(16-27(45)46)39-34(51)29(19(3)4)41-35(52)55-17-21-9-7-6-8-10-21;3-2(4,5)1(6)7/h6-14,18-20,24-25,28-29H,15-17H2,1-5H3,(H,36,50)(H,37,48)(H,38,47)(H,39,51)(H,40,49)(H,41,52)(H,43,44)(H,45,46);(H,6,7)/t20-,24-,25-,28-,29-;/m0./s1. The normalized spacial score (nSPS) is 13.3. The van der Waals surface area contributed by atoms with E-state index in [0.717, 1.165) is 12.1 Å². The highest BCUT2D eigenvalue weighted by atomic mass is 19.4. The van der Waals surface area contributed by atoms with E-state index in [0.29, 0.717) is 5.56 Å². The van der Waals surface area contributed by atoms with Gasteiger partial charge in [0.25, 0.3) is 5.69 Å². The first-order valence-electron chi connectivity index (χ1n) is 18.2. The maximum Gasteiger partial charge on any atom is 0.490 e. The van der Waals surface area contributed by atoms with Crippen molar-refractivity contribution >= 4 is 64.9 Å². The summed E-state index contributed by atoms with van der Waals surface area (Å²) in [5, 5.41) is 50.9. The van der Waals surface area contributed by atoms with E-state index >= 15 is 0 Å². The summed E-state index contributed by atoms with van der Waals surface area (Å²) in [7, 11) is 0. The van der Waals surface area contributed by atoms with E-state index in [4.69, 9.17) is 14.6 Å². The van der Waals surface area contributed by atoms with Crippen LogP contribution in [0.3, 0.4) is 0 Å². The summed E-state index contributed by atoms with van der Waals surface area (Å²) >= 11 is 0. The zero-order chi connectivity index (χ0) is 47.5. The van der Waals surface area contributed by atoms with Crippen molar-refractivity contribution < 1.29 is 81.3 Å². The number of nitrogens with one attached hydrogen (secondary N) is 6. The molecule has 0 heterocycles. The number of alkyl halides is 3. The lowest BCUT2D eigenvalue weighted by Gasteiger charge is -2.28. The fourth-order valence-corrected chi connectivity index (χ4v) is 4.81. The van der Waals surface area contributed by atoms with Crippen LogP contribution in [-0.4, -0.2) is 110 Å². The van der Waals surface area contributed by atoms with Crippen LogP contribution >= 0.6 is 0 Å². The summed E-state index contributed by atoms with van der Waals surface area (Å²) in [5.41, 5.74) is 0.501. The third-order valence-corrected chi connectivity index (χ3v) is 8.05. The molecule has 2 rings (SSSR count). The molecule has 0 radical (unpaired) electrons. The molecule has 0 aromatic heterocycles. The second-order valence-electron chi connectivity index (χ2n) is 13.8. The average Bonchev–Trinajstić information content (AvgIpc) is 3.17. The van der Waals surface area contributed by atoms with Crippen LogP contribution in [0.15, 0.2) is 54.6 Å². The molecule has 2 aromatic carbocycles. The summed E-state index contributed by atoms with van der Waals surface area (Å²) in [6.45, 7) is 7.39. The van der Waals surface area contributed by atoms with Crippen LogP contribution < -0.4 is 31.9 Å². The summed E-state index contributed by atoms with van der Waals surface area (Å²) in [5.74, 6) is -11.7. The molecule has 0 aliphatic carbocycles. The third-order valence-electron chi connectivity index (χ3n) is 8.05. The van der Waals surface area contributed by atoms with Crippen molar-refractivity contribution in [3.8, 4) is 0 Å². The molecule has 25 heteroatoms. The number of ether oxygens (including phenoxy) is 1. The number of non-ortho nitro benzene ring substituents is 1. The van der Waals surface area contributed by atoms with E-state index in [-0.39, 0.29) is 18.0 Å². The molecule has 0 unspecified atom stereocenters. The van der Waals surface area contributed by atoms with E-state index in [1.807, 2.05) is 0 Å². The average molecular weight is 886 g/mol. The van der Waals surface area contributed by atoms with Crippen molar-refractivity contribution in [2.45, 2.75) is 90.5 Å². The fraction of sp³-hybridized carbons (Fsp3) is 0.432. The second-order valence-corrected chi connectivity index (χ2v) is 13.8. The number of hydrogen-bond donors (Lipinski definition) is 9. The summed E-state index contributed by atoms with van der Waals surface area (Å²) in [4.78, 5) is 121. The van der Waals surface area contributed by atoms with Crippen LogP contribution in [0.25, 0.3) is 0 Å². The molecule has 0 bridgehead atoms. The number of benzene rings is 2. The van der Waals surface area contributed by atoms with Crippen LogP contribution in [-0.2, 0) is 49.7 Å². The minimum atomic E-state index is -5.08. The zero-order valence-corrected chi connectivity index (χ0v) is 33.7. The number of amides is 6. The van der Waals surface area contributed by atoms with Gasteiger partial charge in [0, 0.05) is 17.8 Å². The summed E-state index contributed by atoms with van der Waals surface area (Å²) in [6, 6.07) is 5.94. The van der Waals surface area contributed by atoms with Gasteiger partial charge in [-0.15, -0.1) is 0 Å². The molecular formula is C37H46F3N7O15. The molecular weight excluding hydrogens is 839 g/mol. The number of halogens is 3. The highest BCUT2D eigenvalue weighted by Crippen LogP contribution is 2.16. The van der Waals surface area contributed by atoms with Crippen LogP contribution in [0.5, 0.6) is 0 Å². The van der Waals surface area contributed by atoms with Gasteiger partial charge in [-0.2, -0.15) is 13.2 Å². The van der Waals surface area contributed by atoms with Gasteiger partial charge in [-0.1, -0.05) is 58.0 Å². The topological polar surface area (TPSA) is 339 Å². The third kappa shape index (κ3) is 19.2. The highest BCUT2D eigenvalue weighted by molar-refractivity contribution is 6.01. The van der Waals surface area contributed by atoms with E-state index in [1.54, 1.807) is 44.2 Å². The molecule has 0 saturated carbocycles. The first kappa shape index (κ1) is 52.7. The van der Waals surface area contributed by atoms with Gasteiger partial charge in [0.05, 0.1) is 17.8 Å². The van der Waals surface area contributed by atoms with Crippen molar-refractivity contribution in [3.63, 3.8) is 0 Å². The van der Waals surface area contributed by atoms with Crippen molar-refractivity contribution in [1.29, 1.82) is 0 Å². The molecule has 0 aliphatic rings. The molecule has 2 aromatic rings. The number of carbonyl (C=O) groups excluding carboxylic acids is 6. The smallest absolute Gasteiger partial charge is 0.481 e. The molecule has 0 fully saturated rings. The van der Waals surface area contributed by atoms with E-state index in [9.17, 15) is 71.9 Å². The van der Waals surface area contributed by atoms with Gasteiger partial charge < -0.3 is 52.0 Å². The number of nitro groups is 1. The molecule has 9 N–H and O–H groups in total. The lowest BCUT2D eigenvalue weighted by Crippen LogP contribution is -2.60. The predicted molar refractivity (Wildman–Crippen MR) is 207 cm³/mol. The van der Waals surface area contributed by atoms with E-state index < -0.39 is 120 Å². The van der Waals surface area contributed by atoms with E-state index in [2.05, 4.69) is 31.9 Å². The Balaban J connectivity index is 0.00000251. The summed E-state index contributed by atoms with van der Waals surface area (Å²) in [6.07, 6.45) is -7.79. The van der Waals surface area contributed by atoms with Crippen LogP contribution in [0.1, 0.15) is 53.0 Å². The van der Waals surface area contributed by atoms with Gasteiger partial charge in [-0.25, -0.2) is 9.59 Å².